The third kappa shape index (κ3) is 3.22. The summed E-state index contributed by atoms with van der Waals surface area (Å²) in [6.07, 6.45) is 5.90. The van der Waals surface area contributed by atoms with Gasteiger partial charge in [-0.25, -0.2) is 0 Å². The molecule has 12 heavy (non-hydrogen) atoms. The molecule has 1 aliphatic rings. The minimum Gasteiger partial charge on any atom is -0.438 e. The third-order valence-electron chi connectivity index (χ3n) is 2.18. The van der Waals surface area contributed by atoms with Gasteiger partial charge in [0.15, 0.2) is 6.29 Å². The SMILES string of the molecule is CC(OC=O)OC1CCCCC1. The molecule has 3 heteroatoms. The summed E-state index contributed by atoms with van der Waals surface area (Å²) in [5.74, 6) is 0. The van der Waals surface area contributed by atoms with Gasteiger partial charge in [-0.2, -0.15) is 0 Å². The Bertz CT molecular complexity index is 130. The maximum absolute atomic E-state index is 9.95. The molecular formula is C9H16O3. The van der Waals surface area contributed by atoms with Crippen LogP contribution in [0.3, 0.4) is 0 Å². The van der Waals surface area contributed by atoms with Gasteiger partial charge in [-0.15, -0.1) is 0 Å². The Morgan fingerprint density at radius 1 is 1.33 bits per heavy atom. The average Bonchev–Trinajstić information content (AvgIpc) is 2.06. The van der Waals surface area contributed by atoms with E-state index in [1.165, 1.54) is 19.3 Å². The normalized spacial score (nSPS) is 21.8. The first-order chi connectivity index (χ1) is 5.83. The van der Waals surface area contributed by atoms with Crippen molar-refractivity contribution in [2.45, 2.75) is 51.4 Å². The number of ether oxygens (including phenoxy) is 2. The lowest BCUT2D eigenvalue weighted by Crippen LogP contribution is -2.23. The Hall–Kier alpha value is -0.570. The van der Waals surface area contributed by atoms with E-state index in [1.807, 2.05) is 0 Å². The zero-order chi connectivity index (χ0) is 8.81. The first kappa shape index (κ1) is 9.52. The van der Waals surface area contributed by atoms with E-state index in [-0.39, 0.29) is 6.29 Å². The number of carbonyl (C=O) groups is 1. The monoisotopic (exact) mass is 172 g/mol. The van der Waals surface area contributed by atoms with Crippen LogP contribution in [0.1, 0.15) is 39.0 Å². The van der Waals surface area contributed by atoms with E-state index in [0.717, 1.165) is 12.8 Å². The molecule has 0 spiro atoms. The highest BCUT2D eigenvalue weighted by Crippen LogP contribution is 2.21. The maximum atomic E-state index is 9.95. The summed E-state index contributed by atoms with van der Waals surface area (Å²) in [7, 11) is 0. The van der Waals surface area contributed by atoms with Crippen LogP contribution < -0.4 is 0 Å². The zero-order valence-electron chi connectivity index (χ0n) is 7.49. The molecule has 0 radical (unpaired) electrons. The molecule has 3 nitrogen and oxygen atoms in total. The fourth-order valence-corrected chi connectivity index (χ4v) is 1.58. The van der Waals surface area contributed by atoms with Gasteiger partial charge in [0.1, 0.15) is 0 Å². The van der Waals surface area contributed by atoms with Gasteiger partial charge < -0.3 is 9.47 Å². The average molecular weight is 172 g/mol. The highest BCUT2D eigenvalue weighted by molar-refractivity contribution is 5.37. The largest absolute Gasteiger partial charge is 0.438 e. The predicted octanol–water partition coefficient (Wildman–Crippen LogP) is 1.85. The van der Waals surface area contributed by atoms with Crippen LogP contribution in [0.2, 0.25) is 0 Å². The van der Waals surface area contributed by atoms with Crippen molar-refractivity contribution in [3.63, 3.8) is 0 Å². The van der Waals surface area contributed by atoms with E-state index in [4.69, 9.17) is 4.74 Å². The number of hydrogen-bond acceptors (Lipinski definition) is 3. The Labute approximate surface area is 73.0 Å². The van der Waals surface area contributed by atoms with Gasteiger partial charge in [-0.3, -0.25) is 4.79 Å². The highest BCUT2D eigenvalue weighted by atomic mass is 16.7. The Balaban J connectivity index is 2.15. The van der Waals surface area contributed by atoms with Crippen molar-refractivity contribution >= 4 is 6.47 Å². The summed E-state index contributed by atoms with van der Waals surface area (Å²) in [5.41, 5.74) is 0. The molecule has 1 rings (SSSR count). The lowest BCUT2D eigenvalue weighted by molar-refractivity contribution is -0.173. The fourth-order valence-electron chi connectivity index (χ4n) is 1.58. The van der Waals surface area contributed by atoms with Crippen molar-refractivity contribution in [2.75, 3.05) is 0 Å². The van der Waals surface area contributed by atoms with Crippen LogP contribution in [-0.4, -0.2) is 18.9 Å². The smallest absolute Gasteiger partial charge is 0.295 e. The van der Waals surface area contributed by atoms with E-state index in [2.05, 4.69) is 4.74 Å². The Morgan fingerprint density at radius 3 is 2.58 bits per heavy atom. The number of hydrogen-bond donors (Lipinski definition) is 0. The van der Waals surface area contributed by atoms with Crippen LogP contribution >= 0.6 is 0 Å². The lowest BCUT2D eigenvalue weighted by atomic mass is 9.98. The molecule has 0 aromatic carbocycles. The standard InChI is InChI=1S/C9H16O3/c1-8(11-7-10)12-9-5-3-2-4-6-9/h7-9H,2-6H2,1H3. The lowest BCUT2D eigenvalue weighted by Gasteiger charge is -2.24. The van der Waals surface area contributed by atoms with Crippen molar-refractivity contribution in [3.05, 3.63) is 0 Å². The van der Waals surface area contributed by atoms with Crippen LogP contribution in [0, 0.1) is 0 Å². The molecule has 0 amide bonds. The molecule has 0 aliphatic heterocycles. The molecule has 1 aliphatic carbocycles. The van der Waals surface area contributed by atoms with E-state index in [9.17, 15) is 4.79 Å². The number of rotatable bonds is 4. The molecule has 0 N–H and O–H groups in total. The van der Waals surface area contributed by atoms with Crippen molar-refractivity contribution in [2.24, 2.45) is 0 Å². The molecule has 0 aromatic heterocycles. The summed E-state index contributed by atoms with van der Waals surface area (Å²) >= 11 is 0. The van der Waals surface area contributed by atoms with Crippen LogP contribution in [0.5, 0.6) is 0 Å². The second kappa shape index (κ2) is 5.14. The summed E-state index contributed by atoms with van der Waals surface area (Å²) < 4.78 is 10.1. The molecule has 1 fully saturated rings. The molecule has 0 saturated heterocycles. The molecule has 1 saturated carbocycles. The molecule has 0 bridgehead atoms. The van der Waals surface area contributed by atoms with Gasteiger partial charge in [0.2, 0.25) is 0 Å². The third-order valence-corrected chi connectivity index (χ3v) is 2.18. The minimum absolute atomic E-state index is 0.300. The Kier molecular flexibility index (Phi) is 4.08. The molecule has 1 atom stereocenters. The van der Waals surface area contributed by atoms with Gasteiger partial charge in [-0.1, -0.05) is 19.3 Å². The summed E-state index contributed by atoms with van der Waals surface area (Å²) in [6.45, 7) is 2.19. The predicted molar refractivity (Wildman–Crippen MR) is 44.6 cm³/mol. The van der Waals surface area contributed by atoms with Crippen LogP contribution in [-0.2, 0) is 14.3 Å². The first-order valence-electron chi connectivity index (χ1n) is 4.57. The minimum atomic E-state index is -0.384. The van der Waals surface area contributed by atoms with Crippen molar-refractivity contribution in [1.82, 2.24) is 0 Å². The molecule has 70 valence electrons. The van der Waals surface area contributed by atoms with Gasteiger partial charge in [0, 0.05) is 0 Å². The van der Waals surface area contributed by atoms with Crippen LogP contribution in [0.4, 0.5) is 0 Å². The van der Waals surface area contributed by atoms with E-state index >= 15 is 0 Å². The van der Waals surface area contributed by atoms with Crippen molar-refractivity contribution in [1.29, 1.82) is 0 Å². The second-order valence-corrected chi connectivity index (χ2v) is 3.20. The van der Waals surface area contributed by atoms with Crippen molar-refractivity contribution < 1.29 is 14.3 Å². The quantitative estimate of drug-likeness (QED) is 0.479. The molecule has 0 heterocycles. The van der Waals surface area contributed by atoms with Crippen LogP contribution in [0.25, 0.3) is 0 Å². The fraction of sp³-hybridized carbons (Fsp3) is 0.889. The highest BCUT2D eigenvalue weighted by Gasteiger charge is 2.16. The number of carbonyl (C=O) groups excluding carboxylic acids is 1. The van der Waals surface area contributed by atoms with E-state index in [1.54, 1.807) is 6.92 Å². The molecule has 1 unspecified atom stereocenters. The molecular weight excluding hydrogens is 156 g/mol. The summed E-state index contributed by atoms with van der Waals surface area (Å²) in [4.78, 5) is 9.95. The summed E-state index contributed by atoms with van der Waals surface area (Å²) in [5, 5.41) is 0. The van der Waals surface area contributed by atoms with Gasteiger partial charge >= 0.3 is 0 Å². The zero-order valence-corrected chi connectivity index (χ0v) is 7.49. The summed E-state index contributed by atoms with van der Waals surface area (Å²) in [6, 6.07) is 0. The van der Waals surface area contributed by atoms with Gasteiger partial charge in [0.25, 0.3) is 6.47 Å². The van der Waals surface area contributed by atoms with E-state index < -0.39 is 0 Å². The van der Waals surface area contributed by atoms with E-state index in [0.29, 0.717) is 12.6 Å². The van der Waals surface area contributed by atoms with Crippen LogP contribution in [0.15, 0.2) is 0 Å². The van der Waals surface area contributed by atoms with Gasteiger partial charge in [-0.05, 0) is 19.8 Å². The van der Waals surface area contributed by atoms with Crippen molar-refractivity contribution in [3.8, 4) is 0 Å². The first-order valence-corrected chi connectivity index (χ1v) is 4.57. The Morgan fingerprint density at radius 2 is 2.00 bits per heavy atom. The maximum Gasteiger partial charge on any atom is 0.295 e. The molecule has 0 aromatic rings. The second-order valence-electron chi connectivity index (χ2n) is 3.20. The van der Waals surface area contributed by atoms with Gasteiger partial charge in [0.05, 0.1) is 6.10 Å². The topological polar surface area (TPSA) is 35.5 Å².